The number of hydrogen-bond acceptors (Lipinski definition) is 5. The molecule has 0 saturated carbocycles. The van der Waals surface area contributed by atoms with E-state index in [1.165, 1.54) is 28.6 Å². The molecular formula is C19H24N2O5S. The molecule has 3 atom stereocenters. The maximum absolute atomic E-state index is 12.9. The summed E-state index contributed by atoms with van der Waals surface area (Å²) in [7, 11) is -3.62. The van der Waals surface area contributed by atoms with Gasteiger partial charge in [-0.15, -0.1) is 0 Å². The van der Waals surface area contributed by atoms with Gasteiger partial charge in [0, 0.05) is 18.7 Å². The van der Waals surface area contributed by atoms with Gasteiger partial charge in [-0.2, -0.15) is 4.31 Å². The highest BCUT2D eigenvalue weighted by molar-refractivity contribution is 7.89. The number of furan rings is 1. The van der Waals surface area contributed by atoms with Crippen molar-refractivity contribution in [2.45, 2.75) is 43.9 Å². The Morgan fingerprint density at radius 2 is 1.78 bits per heavy atom. The van der Waals surface area contributed by atoms with Gasteiger partial charge in [-0.3, -0.25) is 4.79 Å². The number of nitrogens with zero attached hydrogens (tertiary/aromatic N) is 1. The first-order valence-corrected chi connectivity index (χ1v) is 10.3. The fourth-order valence-electron chi connectivity index (χ4n) is 3.14. The van der Waals surface area contributed by atoms with E-state index in [-0.39, 0.29) is 29.1 Å². The van der Waals surface area contributed by atoms with Crippen molar-refractivity contribution < 1.29 is 22.4 Å². The predicted molar refractivity (Wildman–Crippen MR) is 99.8 cm³/mol. The van der Waals surface area contributed by atoms with Gasteiger partial charge in [-0.05, 0) is 57.2 Å². The van der Waals surface area contributed by atoms with Crippen LogP contribution in [0.4, 0.5) is 0 Å². The van der Waals surface area contributed by atoms with Crippen LogP contribution in [0.3, 0.4) is 0 Å². The lowest BCUT2D eigenvalue weighted by atomic mass is 10.2. The van der Waals surface area contributed by atoms with E-state index >= 15 is 0 Å². The number of carbonyl (C=O) groups excluding carboxylic acids is 1. The van der Waals surface area contributed by atoms with Gasteiger partial charge in [0.25, 0.3) is 5.91 Å². The first-order chi connectivity index (χ1) is 12.8. The summed E-state index contributed by atoms with van der Waals surface area (Å²) in [5.41, 5.74) is 0.385. The summed E-state index contributed by atoms with van der Waals surface area (Å²) in [5, 5.41) is 2.82. The minimum absolute atomic E-state index is 0.156. The molecule has 2 aromatic rings. The molecular weight excluding hydrogens is 368 g/mol. The number of nitrogens with one attached hydrogen (secondary N) is 1. The molecule has 0 unspecified atom stereocenters. The summed E-state index contributed by atoms with van der Waals surface area (Å²) in [6, 6.07) is 9.22. The van der Waals surface area contributed by atoms with Crippen LogP contribution in [0.1, 0.15) is 42.9 Å². The van der Waals surface area contributed by atoms with Crippen LogP contribution in [0, 0.1) is 0 Å². The van der Waals surface area contributed by atoms with Crippen LogP contribution in [0.15, 0.2) is 52.0 Å². The lowest BCUT2D eigenvalue weighted by Crippen LogP contribution is -2.48. The zero-order chi connectivity index (χ0) is 19.6. The van der Waals surface area contributed by atoms with Crippen LogP contribution < -0.4 is 5.32 Å². The second-order valence-corrected chi connectivity index (χ2v) is 8.75. The van der Waals surface area contributed by atoms with E-state index in [1.54, 1.807) is 18.4 Å². The zero-order valence-electron chi connectivity index (χ0n) is 15.6. The molecule has 0 aliphatic carbocycles. The molecule has 1 aromatic carbocycles. The van der Waals surface area contributed by atoms with E-state index in [4.69, 9.17) is 9.15 Å². The fourth-order valence-corrected chi connectivity index (χ4v) is 4.73. The second-order valence-electron chi connectivity index (χ2n) is 6.81. The standard InChI is InChI=1S/C19H24N2O5S/c1-13-11-21(12-14(2)26-13)27(23,24)17-8-6-16(7-9-17)19(22)20-15(3)18-5-4-10-25-18/h4-10,13-15H,11-12H2,1-3H3,(H,20,22)/t13-,14-,15-/m0/s1. The number of sulfonamides is 1. The number of benzene rings is 1. The molecule has 0 bridgehead atoms. The Balaban J connectivity index is 1.71. The fraction of sp³-hybridized carbons (Fsp3) is 0.421. The number of rotatable bonds is 5. The van der Waals surface area contributed by atoms with Gasteiger partial charge >= 0.3 is 0 Å². The average molecular weight is 392 g/mol. The number of morpholine rings is 1. The first kappa shape index (κ1) is 19.6. The topological polar surface area (TPSA) is 88.9 Å². The summed E-state index contributed by atoms with van der Waals surface area (Å²) in [6.07, 6.45) is 1.23. The molecule has 1 aliphatic rings. The van der Waals surface area contributed by atoms with Crippen LogP contribution in [0.25, 0.3) is 0 Å². The quantitative estimate of drug-likeness (QED) is 0.845. The number of ether oxygens (including phenoxy) is 1. The van der Waals surface area contributed by atoms with Crippen LogP contribution in [0.2, 0.25) is 0 Å². The van der Waals surface area contributed by atoms with Gasteiger partial charge in [0.05, 0.1) is 29.4 Å². The maximum Gasteiger partial charge on any atom is 0.251 e. The SMILES string of the molecule is C[C@H](NC(=O)c1ccc(S(=O)(=O)N2C[C@H](C)O[C@@H](C)C2)cc1)c1ccco1. The molecule has 1 amide bonds. The molecule has 146 valence electrons. The monoisotopic (exact) mass is 392 g/mol. The molecule has 2 heterocycles. The van der Waals surface area contributed by atoms with Crippen molar-refractivity contribution in [1.29, 1.82) is 0 Å². The summed E-state index contributed by atoms with van der Waals surface area (Å²) >= 11 is 0. The molecule has 1 saturated heterocycles. The third-order valence-corrected chi connectivity index (χ3v) is 6.30. The zero-order valence-corrected chi connectivity index (χ0v) is 16.4. The predicted octanol–water partition coefficient (Wildman–Crippen LogP) is 2.57. The molecule has 1 aliphatic heterocycles. The van der Waals surface area contributed by atoms with E-state index in [0.717, 1.165) is 0 Å². The van der Waals surface area contributed by atoms with Gasteiger partial charge in [-0.25, -0.2) is 8.42 Å². The molecule has 8 heteroatoms. The molecule has 1 N–H and O–H groups in total. The molecule has 1 aromatic heterocycles. The van der Waals surface area contributed by atoms with Gasteiger partial charge < -0.3 is 14.5 Å². The summed E-state index contributed by atoms with van der Waals surface area (Å²) < 4.78 is 38.0. The van der Waals surface area contributed by atoms with E-state index in [1.807, 2.05) is 20.8 Å². The van der Waals surface area contributed by atoms with Crippen LogP contribution >= 0.6 is 0 Å². The van der Waals surface area contributed by atoms with Crippen LogP contribution in [-0.4, -0.2) is 43.9 Å². The summed E-state index contributed by atoms with van der Waals surface area (Å²) in [5.74, 6) is 0.356. The highest BCUT2D eigenvalue weighted by Crippen LogP contribution is 2.22. The summed E-state index contributed by atoms with van der Waals surface area (Å²) in [4.78, 5) is 12.5. The van der Waals surface area contributed by atoms with E-state index in [2.05, 4.69) is 5.32 Å². The highest BCUT2D eigenvalue weighted by Gasteiger charge is 2.32. The largest absolute Gasteiger partial charge is 0.467 e. The van der Waals surface area contributed by atoms with Gasteiger partial charge in [0.1, 0.15) is 5.76 Å². The number of hydrogen-bond donors (Lipinski definition) is 1. The Morgan fingerprint density at radius 1 is 1.15 bits per heavy atom. The van der Waals surface area contributed by atoms with E-state index in [9.17, 15) is 13.2 Å². The van der Waals surface area contributed by atoms with Crippen molar-refractivity contribution in [2.75, 3.05) is 13.1 Å². The van der Waals surface area contributed by atoms with Crippen molar-refractivity contribution in [3.63, 3.8) is 0 Å². The minimum atomic E-state index is -3.62. The van der Waals surface area contributed by atoms with Crippen molar-refractivity contribution in [3.8, 4) is 0 Å². The minimum Gasteiger partial charge on any atom is -0.467 e. The summed E-state index contributed by atoms with van der Waals surface area (Å²) in [6.45, 7) is 6.15. The van der Waals surface area contributed by atoms with E-state index < -0.39 is 10.0 Å². The van der Waals surface area contributed by atoms with Crippen LogP contribution in [-0.2, 0) is 14.8 Å². The maximum atomic E-state index is 12.9. The Bertz CT molecular complexity index is 867. The number of carbonyl (C=O) groups is 1. The van der Waals surface area contributed by atoms with Gasteiger partial charge in [0.15, 0.2) is 0 Å². The Hall–Kier alpha value is -2.16. The Kier molecular flexibility index (Phi) is 5.69. The Labute approximate surface area is 159 Å². The Morgan fingerprint density at radius 3 is 2.33 bits per heavy atom. The third kappa shape index (κ3) is 4.40. The lowest BCUT2D eigenvalue weighted by Gasteiger charge is -2.34. The molecule has 3 rings (SSSR count). The molecule has 27 heavy (non-hydrogen) atoms. The van der Waals surface area contributed by atoms with Crippen molar-refractivity contribution >= 4 is 15.9 Å². The smallest absolute Gasteiger partial charge is 0.251 e. The molecule has 0 radical (unpaired) electrons. The molecule has 7 nitrogen and oxygen atoms in total. The first-order valence-electron chi connectivity index (χ1n) is 8.87. The second kappa shape index (κ2) is 7.84. The van der Waals surface area contributed by atoms with Crippen molar-refractivity contribution in [3.05, 3.63) is 54.0 Å². The third-order valence-electron chi connectivity index (χ3n) is 4.46. The van der Waals surface area contributed by atoms with Gasteiger partial charge in [-0.1, -0.05) is 0 Å². The van der Waals surface area contributed by atoms with Crippen LogP contribution in [0.5, 0.6) is 0 Å². The van der Waals surface area contributed by atoms with Crippen molar-refractivity contribution in [2.24, 2.45) is 0 Å². The number of amides is 1. The molecule has 1 fully saturated rings. The highest BCUT2D eigenvalue weighted by atomic mass is 32.2. The molecule has 0 spiro atoms. The van der Waals surface area contributed by atoms with Crippen molar-refractivity contribution in [1.82, 2.24) is 9.62 Å². The van der Waals surface area contributed by atoms with Gasteiger partial charge in [0.2, 0.25) is 10.0 Å². The lowest BCUT2D eigenvalue weighted by molar-refractivity contribution is -0.0440. The normalized spacial score (nSPS) is 22.3. The van der Waals surface area contributed by atoms with E-state index in [0.29, 0.717) is 24.4 Å². The average Bonchev–Trinajstić information content (AvgIpc) is 3.16.